The summed E-state index contributed by atoms with van der Waals surface area (Å²) in [4.78, 5) is 12.1. The second-order valence-electron chi connectivity index (χ2n) is 4.01. The van der Waals surface area contributed by atoms with E-state index in [4.69, 9.17) is 0 Å². The topological polar surface area (TPSA) is 17.1 Å². The van der Waals surface area contributed by atoms with Crippen LogP contribution in [0.25, 0.3) is 0 Å². The SMILES string of the molecule is Cc1cc(C(=O)c2cccc(Br)c2F)c(F)cc1F. The molecule has 1 nitrogen and oxygen atoms in total. The number of aryl methyl sites for hydroxylation is 1. The summed E-state index contributed by atoms with van der Waals surface area (Å²) in [5, 5.41) is 0. The van der Waals surface area contributed by atoms with Gasteiger partial charge in [0, 0.05) is 6.07 Å². The van der Waals surface area contributed by atoms with Crippen molar-refractivity contribution in [2.75, 3.05) is 0 Å². The van der Waals surface area contributed by atoms with Crippen LogP contribution < -0.4 is 0 Å². The summed E-state index contributed by atoms with van der Waals surface area (Å²) in [6.45, 7) is 1.41. The van der Waals surface area contributed by atoms with Crippen molar-refractivity contribution in [3.8, 4) is 0 Å². The van der Waals surface area contributed by atoms with Crippen molar-refractivity contribution in [2.45, 2.75) is 6.92 Å². The number of rotatable bonds is 2. The van der Waals surface area contributed by atoms with Crippen LogP contribution >= 0.6 is 15.9 Å². The normalized spacial score (nSPS) is 10.6. The van der Waals surface area contributed by atoms with Gasteiger partial charge in [0.2, 0.25) is 0 Å². The van der Waals surface area contributed by atoms with Gasteiger partial charge in [-0.05, 0) is 46.6 Å². The molecule has 5 heteroatoms. The third-order valence-corrected chi connectivity index (χ3v) is 3.30. The van der Waals surface area contributed by atoms with Gasteiger partial charge < -0.3 is 0 Å². The number of hydrogen-bond acceptors (Lipinski definition) is 1. The minimum absolute atomic E-state index is 0.109. The summed E-state index contributed by atoms with van der Waals surface area (Å²) in [6.07, 6.45) is 0. The predicted molar refractivity (Wildman–Crippen MR) is 68.6 cm³/mol. The standard InChI is InChI=1S/C14H8BrF3O/c1-7-5-9(12(17)6-11(7)16)14(19)8-3-2-4-10(15)13(8)18/h2-6H,1H3. The maximum Gasteiger partial charge on any atom is 0.198 e. The van der Waals surface area contributed by atoms with E-state index < -0.39 is 23.2 Å². The van der Waals surface area contributed by atoms with E-state index in [-0.39, 0.29) is 21.2 Å². The van der Waals surface area contributed by atoms with Gasteiger partial charge in [0.1, 0.15) is 17.5 Å². The minimum Gasteiger partial charge on any atom is -0.288 e. The number of carbonyl (C=O) groups is 1. The summed E-state index contributed by atoms with van der Waals surface area (Å²) >= 11 is 2.95. The van der Waals surface area contributed by atoms with Gasteiger partial charge in [0.05, 0.1) is 15.6 Å². The van der Waals surface area contributed by atoms with Gasteiger partial charge in [-0.1, -0.05) is 6.07 Å². The Hall–Kier alpha value is -1.62. The van der Waals surface area contributed by atoms with Crippen LogP contribution in [0.3, 0.4) is 0 Å². The molecule has 0 radical (unpaired) electrons. The molecule has 0 aliphatic heterocycles. The van der Waals surface area contributed by atoms with Crippen LogP contribution in [0.15, 0.2) is 34.8 Å². The van der Waals surface area contributed by atoms with Gasteiger partial charge in [-0.2, -0.15) is 0 Å². The molecule has 2 aromatic carbocycles. The number of ketones is 1. The molecule has 0 bridgehead atoms. The second-order valence-corrected chi connectivity index (χ2v) is 4.87. The van der Waals surface area contributed by atoms with E-state index in [1.54, 1.807) is 0 Å². The summed E-state index contributed by atoms with van der Waals surface area (Å²) < 4.78 is 40.6. The van der Waals surface area contributed by atoms with Crippen molar-refractivity contribution in [3.05, 3.63) is 68.9 Å². The average molecular weight is 329 g/mol. The quantitative estimate of drug-likeness (QED) is 0.746. The summed E-state index contributed by atoms with van der Waals surface area (Å²) in [7, 11) is 0. The highest BCUT2D eigenvalue weighted by Crippen LogP contribution is 2.23. The average Bonchev–Trinajstić information content (AvgIpc) is 2.36. The predicted octanol–water partition coefficient (Wildman–Crippen LogP) is 4.41. The van der Waals surface area contributed by atoms with Gasteiger partial charge >= 0.3 is 0 Å². The first-order valence-corrected chi connectivity index (χ1v) is 6.15. The van der Waals surface area contributed by atoms with Crippen LogP contribution in [0.4, 0.5) is 13.2 Å². The third kappa shape index (κ3) is 2.56. The van der Waals surface area contributed by atoms with Crippen LogP contribution in [0.2, 0.25) is 0 Å². The molecule has 0 saturated heterocycles. The molecular weight excluding hydrogens is 321 g/mol. The fourth-order valence-electron chi connectivity index (χ4n) is 1.66. The first-order valence-electron chi connectivity index (χ1n) is 5.36. The van der Waals surface area contributed by atoms with Crippen molar-refractivity contribution in [3.63, 3.8) is 0 Å². The highest BCUT2D eigenvalue weighted by Gasteiger charge is 2.20. The molecule has 0 N–H and O–H groups in total. The maximum absolute atomic E-state index is 13.8. The number of halogens is 4. The van der Waals surface area contributed by atoms with Crippen LogP contribution in [0.5, 0.6) is 0 Å². The van der Waals surface area contributed by atoms with E-state index in [2.05, 4.69) is 15.9 Å². The lowest BCUT2D eigenvalue weighted by Crippen LogP contribution is -2.08. The first kappa shape index (κ1) is 13.8. The summed E-state index contributed by atoms with van der Waals surface area (Å²) in [5.41, 5.74) is -0.490. The Morgan fingerprint density at radius 3 is 2.42 bits per heavy atom. The molecule has 0 spiro atoms. The molecule has 98 valence electrons. The molecular formula is C14H8BrF3O. The molecule has 0 aliphatic rings. The number of hydrogen-bond donors (Lipinski definition) is 0. The number of carbonyl (C=O) groups excluding carboxylic acids is 1. The van der Waals surface area contributed by atoms with Crippen LogP contribution in [-0.4, -0.2) is 5.78 Å². The molecule has 0 fully saturated rings. The van der Waals surface area contributed by atoms with Gasteiger partial charge in [0.15, 0.2) is 5.78 Å². The van der Waals surface area contributed by atoms with E-state index in [1.807, 2.05) is 0 Å². The Labute approximate surface area is 116 Å². The minimum atomic E-state index is -1.01. The fraction of sp³-hybridized carbons (Fsp3) is 0.0714. The van der Waals surface area contributed by atoms with Gasteiger partial charge in [-0.15, -0.1) is 0 Å². The molecule has 0 atom stereocenters. The summed E-state index contributed by atoms with van der Waals surface area (Å²) in [6, 6.07) is 5.85. The largest absolute Gasteiger partial charge is 0.288 e. The molecule has 2 rings (SSSR count). The summed E-state index contributed by atoms with van der Waals surface area (Å²) in [5.74, 6) is -3.34. The Kier molecular flexibility index (Phi) is 3.75. The molecule has 0 amide bonds. The van der Waals surface area contributed by atoms with Crippen molar-refractivity contribution >= 4 is 21.7 Å². The lowest BCUT2D eigenvalue weighted by atomic mass is 10.0. The van der Waals surface area contributed by atoms with Gasteiger partial charge in [-0.25, -0.2) is 13.2 Å². The lowest BCUT2D eigenvalue weighted by Gasteiger charge is -2.07. The Bertz CT molecular complexity index is 668. The van der Waals surface area contributed by atoms with E-state index in [1.165, 1.54) is 25.1 Å². The van der Waals surface area contributed by atoms with Crippen molar-refractivity contribution in [1.82, 2.24) is 0 Å². The van der Waals surface area contributed by atoms with Crippen LogP contribution in [-0.2, 0) is 0 Å². The molecule has 0 aromatic heterocycles. The van der Waals surface area contributed by atoms with E-state index in [0.717, 1.165) is 6.07 Å². The smallest absolute Gasteiger partial charge is 0.198 e. The lowest BCUT2D eigenvalue weighted by molar-refractivity contribution is 0.103. The molecule has 19 heavy (non-hydrogen) atoms. The Morgan fingerprint density at radius 1 is 1.05 bits per heavy atom. The molecule has 0 heterocycles. The molecule has 2 aromatic rings. The fourth-order valence-corrected chi connectivity index (χ4v) is 2.02. The molecule has 0 saturated carbocycles. The van der Waals surface area contributed by atoms with Gasteiger partial charge in [0.25, 0.3) is 0 Å². The maximum atomic E-state index is 13.8. The zero-order valence-corrected chi connectivity index (χ0v) is 11.4. The number of benzene rings is 2. The Morgan fingerprint density at radius 2 is 1.74 bits per heavy atom. The van der Waals surface area contributed by atoms with E-state index >= 15 is 0 Å². The van der Waals surface area contributed by atoms with Gasteiger partial charge in [-0.3, -0.25) is 4.79 Å². The van der Waals surface area contributed by atoms with Crippen molar-refractivity contribution in [1.29, 1.82) is 0 Å². The second kappa shape index (κ2) is 5.17. The Balaban J connectivity index is 2.56. The monoisotopic (exact) mass is 328 g/mol. The van der Waals surface area contributed by atoms with Crippen molar-refractivity contribution < 1.29 is 18.0 Å². The van der Waals surface area contributed by atoms with E-state index in [9.17, 15) is 18.0 Å². The first-order chi connectivity index (χ1) is 8.91. The highest BCUT2D eigenvalue weighted by atomic mass is 79.9. The zero-order chi connectivity index (χ0) is 14.2. The highest BCUT2D eigenvalue weighted by molar-refractivity contribution is 9.10. The van der Waals surface area contributed by atoms with Crippen LogP contribution in [0, 0.1) is 24.4 Å². The molecule has 0 unspecified atom stereocenters. The van der Waals surface area contributed by atoms with Crippen molar-refractivity contribution in [2.24, 2.45) is 0 Å². The third-order valence-electron chi connectivity index (χ3n) is 2.69. The zero-order valence-electron chi connectivity index (χ0n) is 9.81. The van der Waals surface area contributed by atoms with E-state index in [0.29, 0.717) is 6.07 Å². The molecule has 0 aliphatic carbocycles. The van der Waals surface area contributed by atoms with Crippen LogP contribution in [0.1, 0.15) is 21.5 Å².